The zero-order valence-electron chi connectivity index (χ0n) is 6.71. The summed E-state index contributed by atoms with van der Waals surface area (Å²) in [5.74, 6) is 0.932. The second-order valence-corrected chi connectivity index (χ2v) is 4.63. The monoisotopic (exact) mass is 171 g/mol. The second-order valence-electron chi connectivity index (χ2n) is 3.80. The summed E-state index contributed by atoms with van der Waals surface area (Å²) in [6, 6.07) is 0. The Kier molecular flexibility index (Phi) is 1.46. The first-order valence-corrected chi connectivity index (χ1v) is 4.59. The molecule has 0 aromatic heterocycles. The Hall–Kier alpha value is -0.180. The third kappa shape index (κ3) is 0.975. The van der Waals surface area contributed by atoms with Crippen LogP contribution in [0, 0.1) is 5.92 Å². The fraction of sp³-hybridized carbons (Fsp3) is 0.875. The van der Waals surface area contributed by atoms with E-state index in [4.69, 9.17) is 0 Å². The lowest BCUT2D eigenvalue weighted by Gasteiger charge is -2.25. The minimum absolute atomic E-state index is 0.0729. The van der Waals surface area contributed by atoms with Gasteiger partial charge in [0.15, 0.2) is 0 Å². The van der Waals surface area contributed by atoms with Crippen LogP contribution in [0.1, 0.15) is 26.2 Å². The van der Waals surface area contributed by atoms with Crippen molar-refractivity contribution in [3.8, 4) is 0 Å². The van der Waals surface area contributed by atoms with Gasteiger partial charge in [0.25, 0.3) is 0 Å². The number of fused-ring (bicyclic) bond motifs is 1. The van der Waals surface area contributed by atoms with Gasteiger partial charge in [-0.05, 0) is 18.8 Å². The maximum absolute atomic E-state index is 11.3. The Morgan fingerprint density at radius 2 is 2.45 bits per heavy atom. The molecular weight excluding hydrogens is 158 g/mol. The van der Waals surface area contributed by atoms with E-state index >= 15 is 0 Å². The van der Waals surface area contributed by atoms with Crippen LogP contribution in [0.2, 0.25) is 0 Å². The molecule has 0 N–H and O–H groups in total. The van der Waals surface area contributed by atoms with Crippen molar-refractivity contribution in [2.24, 2.45) is 5.92 Å². The lowest BCUT2D eigenvalue weighted by Crippen LogP contribution is -2.35. The van der Waals surface area contributed by atoms with Gasteiger partial charge < -0.3 is 4.90 Å². The van der Waals surface area contributed by atoms with Gasteiger partial charge in [-0.25, -0.2) is 0 Å². The van der Waals surface area contributed by atoms with Gasteiger partial charge in [0.2, 0.25) is 5.91 Å². The lowest BCUT2D eigenvalue weighted by atomic mass is 10.1. The normalized spacial score (nSPS) is 43.3. The van der Waals surface area contributed by atoms with Crippen molar-refractivity contribution in [2.75, 3.05) is 6.54 Å². The number of carbonyl (C=O) groups excluding carboxylic acids is 1. The second kappa shape index (κ2) is 2.16. The number of thiol groups is 1. The highest BCUT2D eigenvalue weighted by atomic mass is 32.1. The molecule has 0 aromatic rings. The molecule has 2 heterocycles. The summed E-state index contributed by atoms with van der Waals surface area (Å²) in [6.45, 7) is 3.10. The molecule has 2 unspecified atom stereocenters. The summed E-state index contributed by atoms with van der Waals surface area (Å²) in [4.78, 5) is 13.2. The van der Waals surface area contributed by atoms with Gasteiger partial charge in [0, 0.05) is 13.0 Å². The predicted molar refractivity (Wildman–Crippen MR) is 46.4 cm³/mol. The standard InChI is InChI=1S/C8H13NOS/c1-6-4-8(11)3-2-7(10)9(8)5-6/h6,11H,2-5H2,1H3. The number of hydrogen-bond donors (Lipinski definition) is 1. The van der Waals surface area contributed by atoms with E-state index in [1.165, 1.54) is 0 Å². The van der Waals surface area contributed by atoms with Gasteiger partial charge in [-0.2, -0.15) is 12.6 Å². The molecule has 2 rings (SSSR count). The van der Waals surface area contributed by atoms with E-state index in [9.17, 15) is 4.79 Å². The topological polar surface area (TPSA) is 20.3 Å². The van der Waals surface area contributed by atoms with Crippen LogP contribution in [0.3, 0.4) is 0 Å². The molecule has 11 heavy (non-hydrogen) atoms. The molecule has 2 fully saturated rings. The number of carbonyl (C=O) groups is 1. The summed E-state index contributed by atoms with van der Waals surface area (Å²) >= 11 is 4.56. The molecular formula is C8H13NOS. The van der Waals surface area contributed by atoms with E-state index in [0.29, 0.717) is 18.2 Å². The maximum Gasteiger partial charge on any atom is 0.223 e. The van der Waals surface area contributed by atoms with Gasteiger partial charge >= 0.3 is 0 Å². The molecule has 0 saturated carbocycles. The maximum atomic E-state index is 11.3. The molecule has 2 nitrogen and oxygen atoms in total. The average molecular weight is 171 g/mol. The molecule has 62 valence electrons. The highest BCUT2D eigenvalue weighted by molar-refractivity contribution is 7.81. The number of hydrogen-bond acceptors (Lipinski definition) is 2. The minimum atomic E-state index is -0.0729. The first-order valence-electron chi connectivity index (χ1n) is 4.15. The molecule has 3 heteroatoms. The van der Waals surface area contributed by atoms with Crippen LogP contribution in [0.25, 0.3) is 0 Å². The smallest absolute Gasteiger partial charge is 0.223 e. The van der Waals surface area contributed by atoms with Gasteiger partial charge in [0.05, 0.1) is 4.87 Å². The van der Waals surface area contributed by atoms with Crippen molar-refractivity contribution in [2.45, 2.75) is 31.1 Å². The molecule has 2 aliphatic heterocycles. The van der Waals surface area contributed by atoms with Crippen LogP contribution in [0.4, 0.5) is 0 Å². The first kappa shape index (κ1) is 7.47. The van der Waals surface area contributed by atoms with Crippen molar-refractivity contribution in [3.05, 3.63) is 0 Å². The van der Waals surface area contributed by atoms with Gasteiger partial charge in [0.1, 0.15) is 0 Å². The van der Waals surface area contributed by atoms with E-state index in [1.807, 2.05) is 4.90 Å². The van der Waals surface area contributed by atoms with Crippen LogP contribution in [-0.2, 0) is 4.79 Å². The van der Waals surface area contributed by atoms with Crippen LogP contribution >= 0.6 is 12.6 Å². The quantitative estimate of drug-likeness (QED) is 0.544. The van der Waals surface area contributed by atoms with Crippen molar-refractivity contribution >= 4 is 18.5 Å². The largest absolute Gasteiger partial charge is 0.328 e. The lowest BCUT2D eigenvalue weighted by molar-refractivity contribution is -0.128. The molecule has 0 aliphatic carbocycles. The van der Waals surface area contributed by atoms with Gasteiger partial charge in [-0.1, -0.05) is 6.92 Å². The Labute approximate surface area is 72.4 Å². The van der Waals surface area contributed by atoms with Crippen molar-refractivity contribution in [3.63, 3.8) is 0 Å². The zero-order chi connectivity index (χ0) is 8.06. The van der Waals surface area contributed by atoms with E-state index in [1.54, 1.807) is 0 Å². The first-order chi connectivity index (χ1) is 5.12. The molecule has 2 aliphatic rings. The van der Waals surface area contributed by atoms with E-state index in [0.717, 1.165) is 19.4 Å². The van der Waals surface area contributed by atoms with Crippen LogP contribution in [0.15, 0.2) is 0 Å². The predicted octanol–water partition coefficient (Wildman–Crippen LogP) is 1.27. The average Bonchev–Trinajstić information content (AvgIpc) is 2.32. The van der Waals surface area contributed by atoms with Crippen molar-refractivity contribution in [1.29, 1.82) is 0 Å². The minimum Gasteiger partial charge on any atom is -0.328 e. The fourth-order valence-electron chi connectivity index (χ4n) is 2.23. The summed E-state index contributed by atoms with van der Waals surface area (Å²) in [7, 11) is 0. The van der Waals surface area contributed by atoms with Crippen LogP contribution in [0.5, 0.6) is 0 Å². The Morgan fingerprint density at radius 1 is 1.73 bits per heavy atom. The van der Waals surface area contributed by atoms with E-state index < -0.39 is 0 Å². The highest BCUT2D eigenvalue weighted by Gasteiger charge is 2.48. The fourth-order valence-corrected chi connectivity index (χ4v) is 2.84. The Morgan fingerprint density at radius 3 is 3.09 bits per heavy atom. The molecule has 0 bridgehead atoms. The van der Waals surface area contributed by atoms with Crippen LogP contribution < -0.4 is 0 Å². The zero-order valence-corrected chi connectivity index (χ0v) is 7.60. The number of amides is 1. The van der Waals surface area contributed by atoms with Gasteiger partial charge in [-0.3, -0.25) is 4.79 Å². The highest BCUT2D eigenvalue weighted by Crippen LogP contribution is 2.44. The Bertz CT molecular complexity index is 206. The molecule has 0 radical (unpaired) electrons. The van der Waals surface area contributed by atoms with E-state index in [2.05, 4.69) is 19.6 Å². The molecule has 0 aromatic carbocycles. The SMILES string of the molecule is CC1CN2C(=O)CCC2(S)C1. The summed E-state index contributed by atoms with van der Waals surface area (Å²) in [5, 5.41) is 0. The van der Waals surface area contributed by atoms with Crippen molar-refractivity contribution < 1.29 is 4.79 Å². The van der Waals surface area contributed by atoms with Crippen molar-refractivity contribution in [1.82, 2.24) is 4.90 Å². The summed E-state index contributed by atoms with van der Waals surface area (Å²) < 4.78 is 0. The number of nitrogens with zero attached hydrogens (tertiary/aromatic N) is 1. The Balaban J connectivity index is 2.24. The third-order valence-electron chi connectivity index (χ3n) is 2.71. The summed E-state index contributed by atoms with van der Waals surface area (Å²) in [6.07, 6.45) is 2.72. The summed E-state index contributed by atoms with van der Waals surface area (Å²) in [5.41, 5.74) is 0. The molecule has 2 saturated heterocycles. The molecule has 0 spiro atoms. The molecule has 1 amide bonds. The van der Waals surface area contributed by atoms with E-state index in [-0.39, 0.29) is 4.87 Å². The molecule has 2 atom stereocenters. The van der Waals surface area contributed by atoms with Gasteiger partial charge in [-0.15, -0.1) is 0 Å². The van der Waals surface area contributed by atoms with Crippen LogP contribution in [-0.4, -0.2) is 22.2 Å². The number of rotatable bonds is 0. The third-order valence-corrected chi connectivity index (χ3v) is 3.36.